The fourth-order valence-electron chi connectivity index (χ4n) is 2.98. The molecule has 25 heavy (non-hydrogen) atoms. The highest BCUT2D eigenvalue weighted by Gasteiger charge is 2.35. The van der Waals surface area contributed by atoms with Crippen molar-refractivity contribution in [2.24, 2.45) is 16.6 Å². The number of aliphatic hydroxyl groups excluding tert-OH is 1. The Morgan fingerprint density at radius 1 is 1.48 bits per heavy atom. The molecule has 1 aromatic carbocycles. The minimum atomic E-state index is -0.742. The summed E-state index contributed by atoms with van der Waals surface area (Å²) >= 11 is 0. The van der Waals surface area contributed by atoms with Gasteiger partial charge >= 0.3 is 0 Å². The van der Waals surface area contributed by atoms with Crippen molar-refractivity contribution in [3.05, 3.63) is 29.3 Å². The average molecular weight is 347 g/mol. The van der Waals surface area contributed by atoms with Crippen LogP contribution in [0.4, 0.5) is 5.69 Å². The SMILES string of the molecule is CC(=Nc1ccc2c(c1)C(C(N)=O)C(O)C2)N(C)CCOCC(C)C. The quantitative estimate of drug-likeness (QED) is 0.447. The van der Waals surface area contributed by atoms with Crippen molar-refractivity contribution in [3.63, 3.8) is 0 Å². The van der Waals surface area contributed by atoms with Crippen LogP contribution in [0.5, 0.6) is 0 Å². The van der Waals surface area contributed by atoms with E-state index in [-0.39, 0.29) is 0 Å². The zero-order valence-electron chi connectivity index (χ0n) is 15.5. The number of nitrogens with zero attached hydrogens (tertiary/aromatic N) is 2. The molecule has 0 aromatic heterocycles. The van der Waals surface area contributed by atoms with Crippen molar-refractivity contribution >= 4 is 17.4 Å². The number of carbonyl (C=O) groups is 1. The number of hydrogen-bond donors (Lipinski definition) is 2. The maximum absolute atomic E-state index is 11.6. The number of amidine groups is 1. The summed E-state index contributed by atoms with van der Waals surface area (Å²) in [5.74, 6) is 0.249. The van der Waals surface area contributed by atoms with E-state index in [1.54, 1.807) is 0 Å². The van der Waals surface area contributed by atoms with Crippen LogP contribution in [0.25, 0.3) is 0 Å². The number of fused-ring (bicyclic) bond motifs is 1. The van der Waals surface area contributed by atoms with Gasteiger partial charge in [0.05, 0.1) is 24.3 Å². The molecule has 0 saturated carbocycles. The van der Waals surface area contributed by atoms with E-state index in [0.29, 0.717) is 18.9 Å². The second-order valence-corrected chi connectivity index (χ2v) is 7.08. The largest absolute Gasteiger partial charge is 0.392 e. The standard InChI is InChI=1S/C19H29N3O3/c1-12(2)11-25-8-7-22(4)13(3)21-15-6-5-14-9-17(23)18(19(20)24)16(14)10-15/h5-6,10,12,17-18,23H,7-9,11H2,1-4H3,(H2,20,24). The molecule has 1 amide bonds. The Bertz CT molecular complexity index is 643. The Balaban J connectivity index is 2.04. The summed E-state index contributed by atoms with van der Waals surface area (Å²) in [6.45, 7) is 8.36. The van der Waals surface area contributed by atoms with Crippen LogP contribution < -0.4 is 5.73 Å². The third-order valence-electron chi connectivity index (χ3n) is 4.45. The molecule has 138 valence electrons. The molecule has 6 nitrogen and oxygen atoms in total. The Morgan fingerprint density at radius 3 is 2.84 bits per heavy atom. The molecule has 1 aromatic rings. The number of nitrogens with two attached hydrogens (primary N) is 1. The van der Waals surface area contributed by atoms with Gasteiger partial charge in [0, 0.05) is 20.2 Å². The summed E-state index contributed by atoms with van der Waals surface area (Å²) in [5.41, 5.74) is 7.94. The number of ether oxygens (including phenoxy) is 1. The summed E-state index contributed by atoms with van der Waals surface area (Å²) in [7, 11) is 1.97. The first kappa shape index (κ1) is 19.4. The summed E-state index contributed by atoms with van der Waals surface area (Å²) in [6.07, 6.45) is -0.285. The molecule has 2 rings (SSSR count). The molecule has 2 atom stereocenters. The maximum Gasteiger partial charge on any atom is 0.227 e. The number of carbonyl (C=O) groups excluding carboxylic acids is 1. The van der Waals surface area contributed by atoms with E-state index < -0.39 is 17.9 Å². The number of rotatable bonds is 7. The lowest BCUT2D eigenvalue weighted by atomic mass is 9.99. The maximum atomic E-state index is 11.6. The number of hydrogen-bond acceptors (Lipinski definition) is 4. The third kappa shape index (κ3) is 5.03. The molecule has 0 spiro atoms. The second kappa shape index (κ2) is 8.45. The number of benzene rings is 1. The topological polar surface area (TPSA) is 88.1 Å². The van der Waals surface area contributed by atoms with Crippen LogP contribution in [-0.4, -0.2) is 54.7 Å². The van der Waals surface area contributed by atoms with Crippen LogP contribution in [0.3, 0.4) is 0 Å². The highest BCUT2D eigenvalue weighted by Crippen LogP contribution is 2.35. The van der Waals surface area contributed by atoms with Gasteiger partial charge in [-0.3, -0.25) is 4.79 Å². The minimum absolute atomic E-state index is 0.457. The second-order valence-electron chi connectivity index (χ2n) is 7.08. The van der Waals surface area contributed by atoms with Gasteiger partial charge in [-0.15, -0.1) is 0 Å². The van der Waals surface area contributed by atoms with Gasteiger partial charge in [-0.2, -0.15) is 0 Å². The molecule has 0 radical (unpaired) electrons. The van der Waals surface area contributed by atoms with Crippen molar-refractivity contribution in [2.45, 2.75) is 39.2 Å². The normalized spacial score (nSPS) is 20.0. The van der Waals surface area contributed by atoms with Gasteiger partial charge in [-0.05, 0) is 42.5 Å². The van der Waals surface area contributed by atoms with Gasteiger partial charge in [-0.25, -0.2) is 4.99 Å². The summed E-state index contributed by atoms with van der Waals surface area (Å²) in [5, 5.41) is 10.0. The summed E-state index contributed by atoms with van der Waals surface area (Å²) in [4.78, 5) is 18.3. The van der Waals surface area contributed by atoms with Gasteiger partial charge in [-0.1, -0.05) is 19.9 Å². The zero-order chi connectivity index (χ0) is 18.6. The lowest BCUT2D eigenvalue weighted by Gasteiger charge is -2.19. The molecule has 1 aliphatic rings. The fourth-order valence-corrected chi connectivity index (χ4v) is 2.98. The van der Waals surface area contributed by atoms with Crippen LogP contribution in [0.2, 0.25) is 0 Å². The molecule has 6 heteroatoms. The number of primary amides is 1. The molecule has 0 bridgehead atoms. The van der Waals surface area contributed by atoms with E-state index in [2.05, 4.69) is 18.8 Å². The van der Waals surface area contributed by atoms with Crippen LogP contribution in [0.15, 0.2) is 23.2 Å². The Hall–Kier alpha value is -1.92. The van der Waals surface area contributed by atoms with Crippen LogP contribution >= 0.6 is 0 Å². The highest BCUT2D eigenvalue weighted by molar-refractivity contribution is 5.85. The number of aliphatic imine (C=N–C) groups is 1. The molecule has 3 N–H and O–H groups in total. The first-order chi connectivity index (χ1) is 11.8. The Kier molecular flexibility index (Phi) is 6.56. The predicted molar refractivity (Wildman–Crippen MR) is 99.1 cm³/mol. The van der Waals surface area contributed by atoms with E-state index in [0.717, 1.165) is 35.8 Å². The van der Waals surface area contributed by atoms with Crippen molar-refractivity contribution < 1.29 is 14.6 Å². The van der Waals surface area contributed by atoms with Crippen molar-refractivity contribution in [3.8, 4) is 0 Å². The highest BCUT2D eigenvalue weighted by atomic mass is 16.5. The van der Waals surface area contributed by atoms with Crippen molar-refractivity contribution in [1.29, 1.82) is 0 Å². The van der Waals surface area contributed by atoms with E-state index in [1.807, 2.05) is 37.1 Å². The molecular weight excluding hydrogens is 318 g/mol. The number of aliphatic hydroxyl groups is 1. The third-order valence-corrected chi connectivity index (χ3v) is 4.45. The van der Waals surface area contributed by atoms with Crippen molar-refractivity contribution in [1.82, 2.24) is 4.90 Å². The molecule has 1 aliphatic carbocycles. The van der Waals surface area contributed by atoms with Crippen molar-refractivity contribution in [2.75, 3.05) is 26.8 Å². The summed E-state index contributed by atoms with van der Waals surface area (Å²) < 4.78 is 5.60. The van der Waals surface area contributed by atoms with Gasteiger partial charge in [0.2, 0.25) is 5.91 Å². The number of amides is 1. The monoisotopic (exact) mass is 347 g/mol. The Labute approximate surface area is 149 Å². The number of likely N-dealkylation sites (N-methyl/N-ethyl adjacent to an activating group) is 1. The Morgan fingerprint density at radius 2 is 2.20 bits per heavy atom. The van der Waals surface area contributed by atoms with Gasteiger partial charge in [0.25, 0.3) is 0 Å². The van der Waals surface area contributed by atoms with E-state index >= 15 is 0 Å². The lowest BCUT2D eigenvalue weighted by molar-refractivity contribution is -0.121. The molecule has 0 saturated heterocycles. The molecule has 2 unspecified atom stereocenters. The van der Waals surface area contributed by atoms with Gasteiger partial charge in [0.15, 0.2) is 0 Å². The smallest absolute Gasteiger partial charge is 0.227 e. The van der Waals surface area contributed by atoms with Gasteiger partial charge in [0.1, 0.15) is 5.84 Å². The summed E-state index contributed by atoms with van der Waals surface area (Å²) in [6, 6.07) is 5.68. The molecule has 0 fully saturated rings. The lowest BCUT2D eigenvalue weighted by Crippen LogP contribution is -2.28. The fraction of sp³-hybridized carbons (Fsp3) is 0.579. The van der Waals surface area contributed by atoms with Crippen LogP contribution in [0.1, 0.15) is 37.8 Å². The molecule has 0 heterocycles. The molecule has 0 aliphatic heterocycles. The van der Waals surface area contributed by atoms with Crippen LogP contribution in [0, 0.1) is 5.92 Å². The van der Waals surface area contributed by atoms with Crippen LogP contribution in [-0.2, 0) is 16.0 Å². The zero-order valence-corrected chi connectivity index (χ0v) is 15.5. The molecular formula is C19H29N3O3. The van der Waals surface area contributed by atoms with E-state index in [1.165, 1.54) is 0 Å². The minimum Gasteiger partial charge on any atom is -0.392 e. The first-order valence-corrected chi connectivity index (χ1v) is 8.74. The van der Waals surface area contributed by atoms with Gasteiger partial charge < -0.3 is 20.5 Å². The average Bonchev–Trinajstić information content (AvgIpc) is 2.86. The van der Waals surface area contributed by atoms with E-state index in [9.17, 15) is 9.90 Å². The first-order valence-electron chi connectivity index (χ1n) is 8.74. The predicted octanol–water partition coefficient (Wildman–Crippen LogP) is 1.83. The van der Waals surface area contributed by atoms with E-state index in [4.69, 9.17) is 10.5 Å².